The Morgan fingerprint density at radius 3 is 2.13 bits per heavy atom. The number of rotatable bonds is 5. The number of benzene rings is 1. The van der Waals surface area contributed by atoms with E-state index in [4.69, 9.17) is 5.73 Å². The largest absolute Gasteiger partial charge is 0.324 e. The number of hydrogen-bond donors (Lipinski definition) is 1. The summed E-state index contributed by atoms with van der Waals surface area (Å²) < 4.78 is 12.7. The van der Waals surface area contributed by atoms with Crippen LogP contribution < -0.4 is 5.73 Å². The quantitative estimate of drug-likeness (QED) is 0.787. The van der Waals surface area contributed by atoms with Crippen LogP contribution >= 0.6 is 0 Å². The summed E-state index contributed by atoms with van der Waals surface area (Å²) in [6.07, 6.45) is 3.30. The fraction of sp³-hybridized carbons (Fsp3) is 0.538. The fourth-order valence-corrected chi connectivity index (χ4v) is 1.83. The minimum Gasteiger partial charge on any atom is -0.324 e. The second kappa shape index (κ2) is 5.86. The van der Waals surface area contributed by atoms with Crippen LogP contribution in [0.1, 0.15) is 44.7 Å². The van der Waals surface area contributed by atoms with Crippen LogP contribution in [0, 0.1) is 11.7 Å². The molecule has 15 heavy (non-hydrogen) atoms. The summed E-state index contributed by atoms with van der Waals surface area (Å²) in [6, 6.07) is 6.55. The van der Waals surface area contributed by atoms with Crippen molar-refractivity contribution in [3.8, 4) is 0 Å². The van der Waals surface area contributed by atoms with E-state index in [1.165, 1.54) is 12.1 Å². The van der Waals surface area contributed by atoms with Crippen molar-refractivity contribution in [2.24, 2.45) is 11.7 Å². The van der Waals surface area contributed by atoms with Gasteiger partial charge in [-0.15, -0.1) is 0 Å². The molecule has 0 spiro atoms. The van der Waals surface area contributed by atoms with E-state index in [0.717, 1.165) is 24.8 Å². The van der Waals surface area contributed by atoms with Crippen molar-refractivity contribution in [3.63, 3.8) is 0 Å². The molecule has 0 radical (unpaired) electrons. The van der Waals surface area contributed by atoms with Gasteiger partial charge >= 0.3 is 0 Å². The first-order valence-corrected chi connectivity index (χ1v) is 5.68. The van der Waals surface area contributed by atoms with Crippen molar-refractivity contribution in [2.45, 2.75) is 39.2 Å². The summed E-state index contributed by atoms with van der Waals surface area (Å²) >= 11 is 0. The maximum atomic E-state index is 12.7. The molecule has 1 aromatic carbocycles. The second-order valence-electron chi connectivity index (χ2n) is 4.08. The Hall–Kier alpha value is -0.890. The van der Waals surface area contributed by atoms with Gasteiger partial charge in [-0.3, -0.25) is 0 Å². The summed E-state index contributed by atoms with van der Waals surface area (Å²) in [4.78, 5) is 0. The average molecular weight is 209 g/mol. The van der Waals surface area contributed by atoms with Gasteiger partial charge in [0.15, 0.2) is 0 Å². The van der Waals surface area contributed by atoms with Gasteiger partial charge in [0.25, 0.3) is 0 Å². The zero-order chi connectivity index (χ0) is 11.3. The van der Waals surface area contributed by atoms with Crippen LogP contribution in [0.15, 0.2) is 24.3 Å². The molecule has 0 aliphatic rings. The number of nitrogens with two attached hydrogens (primary N) is 1. The first kappa shape index (κ1) is 12.2. The third kappa shape index (κ3) is 3.63. The van der Waals surface area contributed by atoms with E-state index in [1.807, 2.05) is 0 Å². The van der Waals surface area contributed by atoms with E-state index in [1.54, 1.807) is 12.1 Å². The van der Waals surface area contributed by atoms with Gasteiger partial charge in [-0.1, -0.05) is 38.8 Å². The smallest absolute Gasteiger partial charge is 0.123 e. The van der Waals surface area contributed by atoms with Crippen molar-refractivity contribution in [1.29, 1.82) is 0 Å². The molecule has 84 valence electrons. The molecule has 0 unspecified atom stereocenters. The molecule has 0 aliphatic heterocycles. The van der Waals surface area contributed by atoms with Crippen molar-refractivity contribution < 1.29 is 4.39 Å². The maximum absolute atomic E-state index is 12.7. The summed E-state index contributed by atoms with van der Waals surface area (Å²) in [6.45, 7) is 4.37. The number of halogens is 1. The van der Waals surface area contributed by atoms with Gasteiger partial charge < -0.3 is 5.73 Å². The van der Waals surface area contributed by atoms with E-state index < -0.39 is 0 Å². The molecular formula is C13H20FN. The molecule has 0 saturated carbocycles. The van der Waals surface area contributed by atoms with Crippen LogP contribution in [0.25, 0.3) is 0 Å². The van der Waals surface area contributed by atoms with Crippen LogP contribution in [-0.4, -0.2) is 0 Å². The fourth-order valence-electron chi connectivity index (χ4n) is 1.83. The zero-order valence-electron chi connectivity index (χ0n) is 9.54. The molecule has 0 aliphatic carbocycles. The van der Waals surface area contributed by atoms with Crippen LogP contribution in [0.2, 0.25) is 0 Å². The molecule has 1 nitrogen and oxygen atoms in total. The predicted molar refractivity (Wildman–Crippen MR) is 62.0 cm³/mol. The second-order valence-corrected chi connectivity index (χ2v) is 4.08. The molecule has 1 rings (SSSR count). The van der Waals surface area contributed by atoms with Gasteiger partial charge in [0.1, 0.15) is 5.82 Å². The van der Waals surface area contributed by atoms with Gasteiger partial charge in [-0.05, 0) is 30.0 Å². The Morgan fingerprint density at radius 1 is 1.13 bits per heavy atom. The predicted octanol–water partition coefficient (Wildman–Crippen LogP) is 3.65. The summed E-state index contributed by atoms with van der Waals surface area (Å²) in [5.41, 5.74) is 7.11. The molecule has 2 heteroatoms. The van der Waals surface area contributed by atoms with Crippen molar-refractivity contribution in [3.05, 3.63) is 35.6 Å². The van der Waals surface area contributed by atoms with Crippen molar-refractivity contribution in [2.75, 3.05) is 0 Å². The monoisotopic (exact) mass is 209 g/mol. The molecule has 2 N–H and O–H groups in total. The lowest BCUT2D eigenvalue weighted by molar-refractivity contribution is 0.414. The zero-order valence-corrected chi connectivity index (χ0v) is 9.54. The first-order chi connectivity index (χ1) is 7.17. The Bertz CT molecular complexity index is 277. The highest BCUT2D eigenvalue weighted by Gasteiger charge is 2.11. The molecular weight excluding hydrogens is 189 g/mol. The van der Waals surface area contributed by atoms with Gasteiger partial charge in [0.05, 0.1) is 0 Å². The normalized spacial score (nSPS) is 13.1. The third-order valence-corrected chi connectivity index (χ3v) is 3.04. The SMILES string of the molecule is CCC(CC)C[C@H](N)c1ccc(F)cc1. The maximum Gasteiger partial charge on any atom is 0.123 e. The Morgan fingerprint density at radius 2 is 1.67 bits per heavy atom. The summed E-state index contributed by atoms with van der Waals surface area (Å²) in [5.74, 6) is 0.471. The Kier molecular flexibility index (Phi) is 4.76. The minimum atomic E-state index is -0.200. The highest BCUT2D eigenvalue weighted by atomic mass is 19.1. The van der Waals surface area contributed by atoms with E-state index >= 15 is 0 Å². The highest BCUT2D eigenvalue weighted by molar-refractivity contribution is 5.19. The topological polar surface area (TPSA) is 26.0 Å². The number of hydrogen-bond acceptors (Lipinski definition) is 1. The van der Waals surface area contributed by atoms with E-state index in [0.29, 0.717) is 5.92 Å². The van der Waals surface area contributed by atoms with Crippen molar-refractivity contribution in [1.82, 2.24) is 0 Å². The van der Waals surface area contributed by atoms with Gasteiger partial charge in [-0.2, -0.15) is 0 Å². The molecule has 0 aromatic heterocycles. The van der Waals surface area contributed by atoms with Gasteiger partial charge in [0.2, 0.25) is 0 Å². The highest BCUT2D eigenvalue weighted by Crippen LogP contribution is 2.23. The van der Waals surface area contributed by atoms with Crippen LogP contribution in [0.5, 0.6) is 0 Å². The molecule has 1 atom stereocenters. The Balaban J connectivity index is 2.60. The molecule has 0 bridgehead atoms. The van der Waals surface area contributed by atoms with Gasteiger partial charge in [0, 0.05) is 6.04 Å². The van der Waals surface area contributed by atoms with Crippen LogP contribution in [-0.2, 0) is 0 Å². The molecule has 0 saturated heterocycles. The average Bonchev–Trinajstić information content (AvgIpc) is 2.26. The Labute approximate surface area is 91.5 Å². The summed E-state index contributed by atoms with van der Waals surface area (Å²) in [7, 11) is 0. The van der Waals surface area contributed by atoms with Gasteiger partial charge in [-0.25, -0.2) is 4.39 Å². The molecule has 0 heterocycles. The molecule has 0 amide bonds. The first-order valence-electron chi connectivity index (χ1n) is 5.68. The lowest BCUT2D eigenvalue weighted by Gasteiger charge is -2.18. The lowest BCUT2D eigenvalue weighted by atomic mass is 9.92. The third-order valence-electron chi connectivity index (χ3n) is 3.04. The van der Waals surface area contributed by atoms with E-state index in [2.05, 4.69) is 13.8 Å². The molecule has 1 aromatic rings. The van der Waals surface area contributed by atoms with E-state index in [9.17, 15) is 4.39 Å². The standard InChI is InChI=1S/C13H20FN/c1-3-10(4-2)9-13(15)11-5-7-12(14)8-6-11/h5-8,10,13H,3-4,9,15H2,1-2H3/t13-/m0/s1. The van der Waals surface area contributed by atoms with E-state index in [-0.39, 0.29) is 11.9 Å². The lowest BCUT2D eigenvalue weighted by Crippen LogP contribution is -2.14. The van der Waals surface area contributed by atoms with Crippen LogP contribution in [0.3, 0.4) is 0 Å². The minimum absolute atomic E-state index is 0.0375. The molecule has 0 fully saturated rings. The summed E-state index contributed by atoms with van der Waals surface area (Å²) in [5, 5.41) is 0. The van der Waals surface area contributed by atoms with Crippen molar-refractivity contribution >= 4 is 0 Å². The van der Waals surface area contributed by atoms with Crippen LogP contribution in [0.4, 0.5) is 4.39 Å².